The molecule has 0 fully saturated rings. The van der Waals surface area contributed by atoms with Crippen LogP contribution in [0.2, 0.25) is 0 Å². The number of hydrogen-bond donors (Lipinski definition) is 1. The van der Waals surface area contributed by atoms with Gasteiger partial charge in [0.25, 0.3) is 5.91 Å². The van der Waals surface area contributed by atoms with E-state index < -0.39 is 40.8 Å². The first-order valence-corrected chi connectivity index (χ1v) is 9.81. The van der Waals surface area contributed by atoms with E-state index in [2.05, 4.69) is 0 Å². The van der Waals surface area contributed by atoms with Crippen LogP contribution in [0, 0.1) is 23.0 Å². The van der Waals surface area contributed by atoms with E-state index in [1.54, 1.807) is 24.9 Å². The molecule has 1 amide bonds. The molecular formula is C23H23F2NO4. The number of benzene rings is 1. The van der Waals surface area contributed by atoms with Crippen LogP contribution in [0.3, 0.4) is 0 Å². The van der Waals surface area contributed by atoms with E-state index in [4.69, 9.17) is 4.74 Å². The Morgan fingerprint density at radius 2 is 2.03 bits per heavy atom. The highest BCUT2D eigenvalue weighted by Gasteiger charge is 2.50. The van der Waals surface area contributed by atoms with Crippen molar-refractivity contribution in [2.45, 2.75) is 39.4 Å². The Labute approximate surface area is 173 Å². The van der Waals surface area contributed by atoms with E-state index in [1.807, 2.05) is 19.9 Å². The van der Waals surface area contributed by atoms with Gasteiger partial charge in [0.1, 0.15) is 12.2 Å². The van der Waals surface area contributed by atoms with Gasteiger partial charge in [0.2, 0.25) is 0 Å². The second kappa shape index (κ2) is 6.87. The molecule has 4 atom stereocenters. The molecule has 2 aliphatic carbocycles. The maximum absolute atomic E-state index is 14.0. The molecule has 5 nitrogen and oxygen atoms in total. The average Bonchev–Trinajstić information content (AvgIpc) is 2.90. The molecule has 7 heteroatoms. The van der Waals surface area contributed by atoms with Gasteiger partial charge in [0.05, 0.1) is 5.56 Å². The summed E-state index contributed by atoms with van der Waals surface area (Å²) in [5.74, 6) is -3.84. The van der Waals surface area contributed by atoms with Crippen LogP contribution in [0.25, 0.3) is 0 Å². The first-order valence-electron chi connectivity index (χ1n) is 9.81. The van der Waals surface area contributed by atoms with E-state index in [9.17, 15) is 23.5 Å². The third kappa shape index (κ3) is 2.83. The van der Waals surface area contributed by atoms with Crippen molar-refractivity contribution in [3.63, 3.8) is 0 Å². The number of hydrogen-bond acceptors (Lipinski definition) is 4. The summed E-state index contributed by atoms with van der Waals surface area (Å²) in [6.07, 6.45) is 2.00. The van der Waals surface area contributed by atoms with Crippen LogP contribution in [-0.4, -0.2) is 41.1 Å². The third-order valence-corrected chi connectivity index (χ3v) is 6.84. The van der Waals surface area contributed by atoms with Gasteiger partial charge < -0.3 is 14.7 Å². The summed E-state index contributed by atoms with van der Waals surface area (Å²) in [4.78, 5) is 26.5. The highest BCUT2D eigenvalue weighted by atomic mass is 19.2. The summed E-state index contributed by atoms with van der Waals surface area (Å²) >= 11 is 0. The van der Waals surface area contributed by atoms with Crippen molar-refractivity contribution < 1.29 is 28.2 Å². The number of amides is 1. The number of rotatable bonds is 2. The lowest BCUT2D eigenvalue weighted by Gasteiger charge is -2.48. The number of aliphatic hydroxyl groups excluding tert-OH is 1. The predicted molar refractivity (Wildman–Crippen MR) is 105 cm³/mol. The molecule has 4 rings (SSSR count). The SMILES string of the molecule is CC1=C2CC3(C)C(=CC(O)C(OC(=O)c4cccc(F)c4F)C3C)C=C2N(C)C1=O. The van der Waals surface area contributed by atoms with Crippen molar-refractivity contribution in [1.82, 2.24) is 4.90 Å². The Morgan fingerprint density at radius 3 is 2.73 bits per heavy atom. The minimum absolute atomic E-state index is 0.0585. The van der Waals surface area contributed by atoms with E-state index in [0.29, 0.717) is 12.0 Å². The molecule has 1 aliphatic heterocycles. The molecule has 1 N–H and O–H groups in total. The zero-order chi connectivity index (χ0) is 22.0. The largest absolute Gasteiger partial charge is 0.455 e. The van der Waals surface area contributed by atoms with Gasteiger partial charge in [-0.05, 0) is 48.8 Å². The smallest absolute Gasteiger partial charge is 0.341 e. The molecule has 3 aliphatic rings. The predicted octanol–water partition coefficient (Wildman–Crippen LogP) is 3.51. The molecule has 30 heavy (non-hydrogen) atoms. The molecule has 0 spiro atoms. The Kier molecular flexibility index (Phi) is 4.69. The number of halogens is 2. The number of aliphatic hydroxyl groups is 1. The fourth-order valence-corrected chi connectivity index (χ4v) is 4.69. The molecule has 4 unspecified atom stereocenters. The van der Waals surface area contributed by atoms with Gasteiger partial charge in [0, 0.05) is 29.7 Å². The number of fused-ring (bicyclic) bond motifs is 2. The fourth-order valence-electron chi connectivity index (χ4n) is 4.69. The Hall–Kier alpha value is -2.80. The molecule has 0 aromatic heterocycles. The molecule has 0 radical (unpaired) electrons. The monoisotopic (exact) mass is 415 g/mol. The lowest BCUT2D eigenvalue weighted by Crippen LogP contribution is -2.49. The summed E-state index contributed by atoms with van der Waals surface area (Å²) in [6, 6.07) is 3.29. The second-order valence-corrected chi connectivity index (χ2v) is 8.46. The zero-order valence-electron chi connectivity index (χ0n) is 17.2. The number of esters is 1. The summed E-state index contributed by atoms with van der Waals surface area (Å²) in [7, 11) is 1.72. The molecule has 0 saturated heterocycles. The van der Waals surface area contributed by atoms with Gasteiger partial charge in [-0.15, -0.1) is 0 Å². The number of ether oxygens (including phenoxy) is 1. The lowest BCUT2D eigenvalue weighted by molar-refractivity contribution is -0.123. The highest BCUT2D eigenvalue weighted by molar-refractivity contribution is 6.00. The molecule has 158 valence electrons. The van der Waals surface area contributed by atoms with E-state index in [-0.39, 0.29) is 11.8 Å². The molecule has 1 heterocycles. The Morgan fingerprint density at radius 1 is 1.33 bits per heavy atom. The molecule has 1 aromatic carbocycles. The number of carbonyl (C=O) groups excluding carboxylic acids is 2. The molecular weight excluding hydrogens is 392 g/mol. The van der Waals surface area contributed by atoms with E-state index >= 15 is 0 Å². The fraction of sp³-hybridized carbons (Fsp3) is 0.391. The Balaban J connectivity index is 1.68. The minimum atomic E-state index is -1.28. The van der Waals surface area contributed by atoms with Gasteiger partial charge in [-0.3, -0.25) is 4.79 Å². The second-order valence-electron chi connectivity index (χ2n) is 8.46. The van der Waals surface area contributed by atoms with Crippen LogP contribution in [0.15, 0.2) is 52.8 Å². The van der Waals surface area contributed by atoms with E-state index in [1.165, 1.54) is 6.07 Å². The van der Waals surface area contributed by atoms with Crippen molar-refractivity contribution >= 4 is 11.9 Å². The number of allylic oxidation sites excluding steroid dienone is 3. The first-order chi connectivity index (χ1) is 14.1. The summed E-state index contributed by atoms with van der Waals surface area (Å²) in [6.45, 7) is 5.64. The molecule has 1 aromatic rings. The van der Waals surface area contributed by atoms with Crippen molar-refractivity contribution in [3.05, 3.63) is 70.0 Å². The number of likely N-dealkylation sites (N-methyl/N-ethyl adjacent to an activating group) is 1. The third-order valence-electron chi connectivity index (χ3n) is 6.84. The van der Waals surface area contributed by atoms with E-state index in [0.717, 1.165) is 29.0 Å². The quantitative estimate of drug-likeness (QED) is 0.751. The first kappa shape index (κ1) is 20.5. The van der Waals surface area contributed by atoms with Crippen LogP contribution in [0.4, 0.5) is 8.78 Å². The van der Waals surface area contributed by atoms with Crippen LogP contribution in [0.5, 0.6) is 0 Å². The van der Waals surface area contributed by atoms with Crippen LogP contribution in [-0.2, 0) is 9.53 Å². The standard InChI is InChI=1S/C23H23F2NO4/c1-11-15-10-23(3)12(2)20(30-22(29)14-6-5-7-16(24)19(14)25)18(27)9-13(23)8-17(15)26(4)21(11)28/h5-9,12,18,20,27H,10H2,1-4H3. The van der Waals surface area contributed by atoms with Crippen molar-refractivity contribution in [2.24, 2.45) is 11.3 Å². The van der Waals surface area contributed by atoms with Crippen LogP contribution >= 0.6 is 0 Å². The van der Waals surface area contributed by atoms with Gasteiger partial charge in [-0.2, -0.15) is 0 Å². The number of nitrogens with zero attached hydrogens (tertiary/aromatic N) is 1. The maximum atomic E-state index is 14.0. The summed E-state index contributed by atoms with van der Waals surface area (Å²) < 4.78 is 33.0. The van der Waals surface area contributed by atoms with Crippen molar-refractivity contribution in [1.29, 1.82) is 0 Å². The molecule has 0 bridgehead atoms. The summed E-state index contributed by atoms with van der Waals surface area (Å²) in [5, 5.41) is 10.7. The minimum Gasteiger partial charge on any atom is -0.455 e. The van der Waals surface area contributed by atoms with Gasteiger partial charge in [-0.1, -0.05) is 19.9 Å². The zero-order valence-corrected chi connectivity index (χ0v) is 17.2. The highest BCUT2D eigenvalue weighted by Crippen LogP contribution is 2.54. The average molecular weight is 415 g/mol. The van der Waals surface area contributed by atoms with Gasteiger partial charge in [-0.25, -0.2) is 13.6 Å². The van der Waals surface area contributed by atoms with Crippen molar-refractivity contribution in [2.75, 3.05) is 7.05 Å². The normalized spacial score (nSPS) is 30.6. The van der Waals surface area contributed by atoms with Crippen LogP contribution < -0.4 is 0 Å². The number of carbonyl (C=O) groups is 2. The van der Waals surface area contributed by atoms with Crippen LogP contribution in [0.1, 0.15) is 37.6 Å². The maximum Gasteiger partial charge on any atom is 0.341 e. The topological polar surface area (TPSA) is 66.8 Å². The van der Waals surface area contributed by atoms with Crippen molar-refractivity contribution in [3.8, 4) is 0 Å². The summed E-state index contributed by atoms with van der Waals surface area (Å²) in [5.41, 5.74) is 2.28. The Bertz CT molecular complexity index is 1060. The van der Waals surface area contributed by atoms with Gasteiger partial charge >= 0.3 is 5.97 Å². The van der Waals surface area contributed by atoms with Gasteiger partial charge in [0.15, 0.2) is 11.6 Å². The molecule has 0 saturated carbocycles. The lowest BCUT2D eigenvalue weighted by atomic mass is 9.59.